The van der Waals surface area contributed by atoms with E-state index < -0.39 is 0 Å². The molecule has 0 radical (unpaired) electrons. The van der Waals surface area contributed by atoms with E-state index in [9.17, 15) is 0 Å². The lowest BCUT2D eigenvalue weighted by atomic mass is 9.78. The fraction of sp³-hybridized carbons (Fsp3) is 0.310. The summed E-state index contributed by atoms with van der Waals surface area (Å²) in [5.74, 6) is 0. The molecule has 0 heterocycles. The van der Waals surface area contributed by atoms with E-state index in [2.05, 4.69) is 205 Å². The van der Waals surface area contributed by atoms with Gasteiger partial charge in [0.2, 0.25) is 0 Å². The summed E-state index contributed by atoms with van der Waals surface area (Å²) in [6.07, 6.45) is 0. The first kappa shape index (κ1) is 37.1. The van der Waals surface area contributed by atoms with Crippen molar-refractivity contribution in [2.24, 2.45) is 0 Å². The Hall–Kier alpha value is -5.20. The van der Waals surface area contributed by atoms with E-state index >= 15 is 0 Å². The zero-order valence-electron chi connectivity index (χ0n) is 37.0. The Balaban J connectivity index is 1.09. The second-order valence-electron chi connectivity index (χ2n) is 22.0. The molecule has 0 nitrogen and oxygen atoms in total. The smallest absolute Gasteiger partial charge is 0.0159 e. The first-order chi connectivity index (χ1) is 27.1. The third kappa shape index (κ3) is 5.33. The minimum absolute atomic E-state index is 0.0365. The fourth-order valence-electron chi connectivity index (χ4n) is 10.5. The molecule has 8 aromatic rings. The van der Waals surface area contributed by atoms with Crippen LogP contribution in [0.4, 0.5) is 0 Å². The average molecular weight is 755 g/mol. The van der Waals surface area contributed by atoms with Crippen LogP contribution in [0.5, 0.6) is 0 Å². The Morgan fingerprint density at radius 3 is 1.21 bits per heavy atom. The Bertz CT molecular complexity index is 3030. The van der Waals surface area contributed by atoms with E-state index in [0.717, 1.165) is 0 Å². The van der Waals surface area contributed by atoms with Crippen molar-refractivity contribution in [1.82, 2.24) is 0 Å². The van der Waals surface area contributed by atoms with Gasteiger partial charge >= 0.3 is 0 Å². The van der Waals surface area contributed by atoms with Crippen LogP contribution in [0.1, 0.15) is 129 Å². The molecule has 0 bridgehead atoms. The zero-order valence-corrected chi connectivity index (χ0v) is 37.0. The van der Waals surface area contributed by atoms with Gasteiger partial charge in [-0.25, -0.2) is 0 Å². The molecule has 0 saturated carbocycles. The van der Waals surface area contributed by atoms with Gasteiger partial charge in [-0.3, -0.25) is 0 Å². The summed E-state index contributed by atoms with van der Waals surface area (Å²) in [4.78, 5) is 0. The highest BCUT2D eigenvalue weighted by atomic mass is 14.4. The van der Waals surface area contributed by atoms with Crippen LogP contribution in [-0.2, 0) is 27.1 Å². The normalized spacial score (nSPS) is 15.6. The molecule has 10 rings (SSSR count). The number of hydrogen-bond acceptors (Lipinski definition) is 0. The minimum atomic E-state index is -0.151. The molecular formula is C58H58. The van der Waals surface area contributed by atoms with Crippen LogP contribution in [0.2, 0.25) is 0 Å². The first-order valence-corrected chi connectivity index (χ1v) is 21.5. The largest absolute Gasteiger partial charge is 0.0579 e. The zero-order chi connectivity index (χ0) is 41.1. The summed E-state index contributed by atoms with van der Waals surface area (Å²) in [6.45, 7) is 30.6. The maximum Gasteiger partial charge on any atom is 0.0159 e. The second kappa shape index (κ2) is 11.7. The molecule has 0 atom stereocenters. The van der Waals surface area contributed by atoms with Crippen molar-refractivity contribution in [3.8, 4) is 44.5 Å². The summed E-state index contributed by atoms with van der Waals surface area (Å²) < 4.78 is 0. The average Bonchev–Trinajstić information content (AvgIpc) is 3.53. The van der Waals surface area contributed by atoms with Gasteiger partial charge in [-0.1, -0.05) is 175 Å². The molecule has 0 aliphatic heterocycles. The van der Waals surface area contributed by atoms with Gasteiger partial charge in [0.05, 0.1) is 0 Å². The van der Waals surface area contributed by atoms with Crippen molar-refractivity contribution in [2.75, 3.05) is 0 Å². The van der Waals surface area contributed by atoms with E-state index in [1.165, 1.54) is 116 Å². The molecule has 0 amide bonds. The Morgan fingerprint density at radius 1 is 0.310 bits per heavy atom. The second-order valence-corrected chi connectivity index (χ2v) is 22.0. The number of fused-ring (bicyclic) bond motifs is 6. The summed E-state index contributed by atoms with van der Waals surface area (Å²) in [7, 11) is 0. The first-order valence-electron chi connectivity index (χ1n) is 21.5. The van der Waals surface area contributed by atoms with Gasteiger partial charge in [0.25, 0.3) is 0 Å². The standard InChI is InChI=1S/C58H58/c1-54(2,3)39-19-23-45-43-21-17-34(29-49(43)58(12,13)51(45)32-39)33-16-20-42-44-22-18-35(30-50(44)57(10,11)48(42)28-33)46-27-38-26-40(55(4,5)6)24-36-14-15-37-25-41(56(7,8)9)31-47(46)53(37)52(36)38/h14-32H,1-13H3. The van der Waals surface area contributed by atoms with Crippen molar-refractivity contribution in [3.63, 3.8) is 0 Å². The SMILES string of the molecule is CC(C)(C)c1ccc2c(c1)C(C)(C)c1cc(-c3ccc4c(c3)C(C)(C)c3cc(-c5cc6cc(C(C)(C)C)cc7ccc8cc(C(C)(C)C)cc5c8c76)ccc3-4)ccc1-2. The van der Waals surface area contributed by atoms with E-state index in [-0.39, 0.29) is 27.1 Å². The van der Waals surface area contributed by atoms with Gasteiger partial charge in [-0.2, -0.15) is 0 Å². The maximum atomic E-state index is 2.52. The van der Waals surface area contributed by atoms with Gasteiger partial charge in [0.15, 0.2) is 0 Å². The summed E-state index contributed by atoms with van der Waals surface area (Å²) >= 11 is 0. The molecule has 290 valence electrons. The molecule has 2 aliphatic carbocycles. The third-order valence-corrected chi connectivity index (χ3v) is 14.2. The quantitative estimate of drug-likeness (QED) is 0.154. The van der Waals surface area contributed by atoms with Gasteiger partial charge < -0.3 is 0 Å². The van der Waals surface area contributed by atoms with Crippen LogP contribution in [0.15, 0.2) is 115 Å². The van der Waals surface area contributed by atoms with Crippen LogP contribution in [0.3, 0.4) is 0 Å². The predicted octanol–water partition coefficient (Wildman–Crippen LogP) is 16.4. The highest BCUT2D eigenvalue weighted by molar-refractivity contribution is 6.26. The van der Waals surface area contributed by atoms with Gasteiger partial charge in [0.1, 0.15) is 0 Å². The summed E-state index contributed by atoms with van der Waals surface area (Å²) in [6, 6.07) is 45.9. The van der Waals surface area contributed by atoms with Crippen molar-refractivity contribution < 1.29 is 0 Å². The summed E-state index contributed by atoms with van der Waals surface area (Å²) in [5.41, 5.74) is 20.6. The fourth-order valence-corrected chi connectivity index (χ4v) is 10.5. The number of benzene rings is 8. The topological polar surface area (TPSA) is 0 Å². The molecule has 0 fully saturated rings. The Labute approximate surface area is 346 Å². The molecule has 2 aliphatic rings. The molecule has 0 aromatic heterocycles. The van der Waals surface area contributed by atoms with Crippen LogP contribution >= 0.6 is 0 Å². The van der Waals surface area contributed by atoms with Crippen molar-refractivity contribution in [2.45, 2.75) is 117 Å². The van der Waals surface area contributed by atoms with Crippen molar-refractivity contribution in [3.05, 3.63) is 154 Å². The predicted molar refractivity (Wildman–Crippen MR) is 252 cm³/mol. The molecule has 0 N–H and O–H groups in total. The molecule has 0 spiro atoms. The van der Waals surface area contributed by atoms with E-state index in [1.54, 1.807) is 0 Å². The number of rotatable bonds is 2. The third-order valence-electron chi connectivity index (χ3n) is 14.2. The molecule has 0 unspecified atom stereocenters. The lowest BCUT2D eigenvalue weighted by Crippen LogP contribution is -2.17. The van der Waals surface area contributed by atoms with Crippen LogP contribution in [-0.4, -0.2) is 0 Å². The van der Waals surface area contributed by atoms with Crippen LogP contribution in [0.25, 0.3) is 76.8 Å². The lowest BCUT2D eigenvalue weighted by Gasteiger charge is -2.26. The summed E-state index contributed by atoms with van der Waals surface area (Å²) in [5, 5.41) is 8.14. The van der Waals surface area contributed by atoms with Gasteiger partial charge in [-0.15, -0.1) is 0 Å². The molecule has 0 saturated heterocycles. The minimum Gasteiger partial charge on any atom is -0.0579 e. The Kier molecular flexibility index (Phi) is 7.50. The number of hydrogen-bond donors (Lipinski definition) is 0. The highest BCUT2D eigenvalue weighted by Crippen LogP contribution is 2.54. The van der Waals surface area contributed by atoms with E-state index in [0.29, 0.717) is 0 Å². The lowest BCUT2D eigenvalue weighted by molar-refractivity contribution is 0.584. The molecule has 58 heavy (non-hydrogen) atoms. The molecular weight excluding hydrogens is 697 g/mol. The maximum absolute atomic E-state index is 2.52. The van der Waals surface area contributed by atoms with Crippen molar-refractivity contribution >= 4 is 32.3 Å². The Morgan fingerprint density at radius 2 is 0.707 bits per heavy atom. The highest BCUT2D eigenvalue weighted by Gasteiger charge is 2.38. The van der Waals surface area contributed by atoms with Crippen LogP contribution < -0.4 is 0 Å². The van der Waals surface area contributed by atoms with Gasteiger partial charge in [0, 0.05) is 10.8 Å². The van der Waals surface area contributed by atoms with E-state index in [1.807, 2.05) is 0 Å². The van der Waals surface area contributed by atoms with Crippen LogP contribution in [0, 0.1) is 0 Å². The molecule has 0 heteroatoms. The van der Waals surface area contributed by atoms with Crippen molar-refractivity contribution in [1.29, 1.82) is 0 Å². The molecule has 8 aromatic carbocycles. The van der Waals surface area contributed by atoms with Gasteiger partial charge in [-0.05, 0) is 162 Å². The van der Waals surface area contributed by atoms with E-state index in [4.69, 9.17) is 0 Å². The monoisotopic (exact) mass is 754 g/mol.